The standard InChI is InChI=1S/C17H15BrN2O3/c18-14-8-6-13(7-9-14)17(23)20-19-15(10-11-16(21)22)12-4-2-1-3-5-12/h1-9H,10-11H2,(H,20,23)(H,21,22)/b19-15-. The van der Waals surface area contributed by atoms with E-state index in [9.17, 15) is 9.59 Å². The zero-order valence-corrected chi connectivity index (χ0v) is 13.8. The van der Waals surface area contributed by atoms with Crippen LogP contribution >= 0.6 is 15.9 Å². The highest BCUT2D eigenvalue weighted by atomic mass is 79.9. The molecule has 2 aromatic carbocycles. The third-order valence-corrected chi connectivity index (χ3v) is 3.61. The van der Waals surface area contributed by atoms with E-state index in [-0.39, 0.29) is 18.7 Å². The number of aliphatic carboxylic acids is 1. The van der Waals surface area contributed by atoms with E-state index in [2.05, 4.69) is 26.5 Å². The molecule has 0 atom stereocenters. The average Bonchev–Trinajstić information content (AvgIpc) is 2.56. The molecule has 0 aliphatic heterocycles. The Morgan fingerprint density at radius 3 is 2.22 bits per heavy atom. The molecule has 0 heterocycles. The fraction of sp³-hybridized carbons (Fsp3) is 0.118. The SMILES string of the molecule is O=C(O)CC/C(=N/NC(=O)c1ccc(Br)cc1)c1ccccc1. The molecule has 2 rings (SSSR count). The van der Waals surface area contributed by atoms with Gasteiger partial charge in [0.15, 0.2) is 0 Å². The van der Waals surface area contributed by atoms with Gasteiger partial charge in [0.2, 0.25) is 0 Å². The Morgan fingerprint density at radius 2 is 1.61 bits per heavy atom. The highest BCUT2D eigenvalue weighted by Crippen LogP contribution is 2.11. The summed E-state index contributed by atoms with van der Waals surface area (Å²) < 4.78 is 0.879. The molecule has 0 bridgehead atoms. The van der Waals surface area contributed by atoms with Gasteiger partial charge in [-0.1, -0.05) is 46.3 Å². The Balaban J connectivity index is 2.14. The van der Waals surface area contributed by atoms with E-state index in [4.69, 9.17) is 5.11 Å². The van der Waals surface area contributed by atoms with Crippen LogP contribution in [-0.2, 0) is 4.79 Å². The van der Waals surface area contributed by atoms with Crippen molar-refractivity contribution in [3.63, 3.8) is 0 Å². The molecule has 0 aromatic heterocycles. The number of carboxylic acids is 1. The number of hydrogen-bond acceptors (Lipinski definition) is 3. The Kier molecular flexibility index (Phi) is 6.05. The van der Waals surface area contributed by atoms with E-state index in [0.29, 0.717) is 11.3 Å². The van der Waals surface area contributed by atoms with Crippen LogP contribution in [0.25, 0.3) is 0 Å². The maximum Gasteiger partial charge on any atom is 0.303 e. The van der Waals surface area contributed by atoms with Crippen LogP contribution in [0.2, 0.25) is 0 Å². The number of nitrogens with zero attached hydrogens (tertiary/aromatic N) is 1. The summed E-state index contributed by atoms with van der Waals surface area (Å²) in [5, 5.41) is 13.0. The Morgan fingerprint density at radius 1 is 0.957 bits per heavy atom. The van der Waals surface area contributed by atoms with E-state index >= 15 is 0 Å². The summed E-state index contributed by atoms with van der Waals surface area (Å²) in [6, 6.07) is 16.1. The van der Waals surface area contributed by atoms with Gasteiger partial charge in [-0.25, -0.2) is 5.43 Å². The molecule has 118 valence electrons. The quantitative estimate of drug-likeness (QED) is 0.600. The number of amides is 1. The summed E-state index contributed by atoms with van der Waals surface area (Å²) in [7, 11) is 0. The summed E-state index contributed by atoms with van der Waals surface area (Å²) in [5.41, 5.74) is 4.26. The number of rotatable bonds is 6. The van der Waals surface area contributed by atoms with Gasteiger partial charge in [-0.3, -0.25) is 9.59 Å². The van der Waals surface area contributed by atoms with Crippen molar-refractivity contribution in [2.45, 2.75) is 12.8 Å². The van der Waals surface area contributed by atoms with Crippen molar-refractivity contribution < 1.29 is 14.7 Å². The van der Waals surface area contributed by atoms with E-state index in [1.165, 1.54) is 0 Å². The minimum Gasteiger partial charge on any atom is -0.481 e. The molecule has 0 fully saturated rings. The van der Waals surface area contributed by atoms with Crippen molar-refractivity contribution in [1.29, 1.82) is 0 Å². The van der Waals surface area contributed by atoms with Gasteiger partial charge in [0.1, 0.15) is 0 Å². The number of hydrogen-bond donors (Lipinski definition) is 2. The van der Waals surface area contributed by atoms with Crippen molar-refractivity contribution in [3.05, 3.63) is 70.2 Å². The van der Waals surface area contributed by atoms with Crippen LogP contribution in [0.3, 0.4) is 0 Å². The minimum atomic E-state index is -0.909. The van der Waals surface area contributed by atoms with Crippen molar-refractivity contribution in [3.8, 4) is 0 Å². The van der Waals surface area contributed by atoms with E-state index in [1.54, 1.807) is 24.3 Å². The first-order chi connectivity index (χ1) is 11.1. The molecule has 0 aliphatic rings. The van der Waals surface area contributed by atoms with Gasteiger partial charge in [0.05, 0.1) is 12.1 Å². The molecular formula is C17H15BrN2O3. The van der Waals surface area contributed by atoms with Crippen LogP contribution in [0.1, 0.15) is 28.8 Å². The molecule has 0 unspecified atom stereocenters. The molecule has 0 radical (unpaired) electrons. The molecule has 5 nitrogen and oxygen atoms in total. The van der Waals surface area contributed by atoms with Gasteiger partial charge in [0.25, 0.3) is 5.91 Å². The number of hydrazone groups is 1. The lowest BCUT2D eigenvalue weighted by atomic mass is 10.1. The molecule has 0 spiro atoms. The molecular weight excluding hydrogens is 360 g/mol. The number of carbonyl (C=O) groups excluding carboxylic acids is 1. The van der Waals surface area contributed by atoms with Crippen molar-refractivity contribution in [1.82, 2.24) is 5.43 Å². The van der Waals surface area contributed by atoms with E-state index < -0.39 is 5.97 Å². The van der Waals surface area contributed by atoms with Gasteiger partial charge in [-0.2, -0.15) is 5.10 Å². The summed E-state index contributed by atoms with van der Waals surface area (Å²) in [5.74, 6) is -1.26. The molecule has 6 heteroatoms. The average molecular weight is 375 g/mol. The zero-order chi connectivity index (χ0) is 16.7. The monoisotopic (exact) mass is 374 g/mol. The number of carboxylic acid groups (broad SMARTS) is 1. The first-order valence-corrected chi connectivity index (χ1v) is 7.75. The predicted octanol–water partition coefficient (Wildman–Crippen LogP) is 3.45. The Bertz CT molecular complexity index is 712. The first kappa shape index (κ1) is 16.9. The number of halogens is 1. The third kappa shape index (κ3) is 5.34. The molecule has 0 saturated heterocycles. The Labute approximate surface area is 142 Å². The number of carbonyl (C=O) groups is 2. The summed E-state index contributed by atoms with van der Waals surface area (Å²) in [6.07, 6.45) is 0.182. The molecule has 0 saturated carbocycles. The van der Waals surface area contributed by atoms with Crippen LogP contribution in [0.4, 0.5) is 0 Å². The molecule has 1 amide bonds. The summed E-state index contributed by atoms with van der Waals surface area (Å²) in [6.45, 7) is 0. The lowest BCUT2D eigenvalue weighted by Gasteiger charge is -2.06. The molecule has 2 N–H and O–H groups in total. The van der Waals surface area contributed by atoms with Crippen LogP contribution < -0.4 is 5.43 Å². The van der Waals surface area contributed by atoms with E-state index in [0.717, 1.165) is 10.0 Å². The van der Waals surface area contributed by atoms with Crippen molar-refractivity contribution in [2.75, 3.05) is 0 Å². The van der Waals surface area contributed by atoms with Gasteiger partial charge < -0.3 is 5.11 Å². The maximum atomic E-state index is 12.1. The van der Waals surface area contributed by atoms with Crippen LogP contribution in [0.5, 0.6) is 0 Å². The topological polar surface area (TPSA) is 78.8 Å². The lowest BCUT2D eigenvalue weighted by molar-refractivity contribution is -0.136. The largest absolute Gasteiger partial charge is 0.481 e. The van der Waals surface area contributed by atoms with Crippen LogP contribution in [0, 0.1) is 0 Å². The summed E-state index contributed by atoms with van der Waals surface area (Å²) >= 11 is 3.31. The fourth-order valence-corrected chi connectivity index (χ4v) is 2.17. The second kappa shape index (κ2) is 8.24. The number of benzene rings is 2. The van der Waals surface area contributed by atoms with Crippen LogP contribution in [0.15, 0.2) is 64.2 Å². The van der Waals surface area contributed by atoms with Gasteiger partial charge in [-0.15, -0.1) is 0 Å². The lowest BCUT2D eigenvalue weighted by Crippen LogP contribution is -2.20. The summed E-state index contributed by atoms with van der Waals surface area (Å²) in [4.78, 5) is 22.9. The zero-order valence-electron chi connectivity index (χ0n) is 12.2. The predicted molar refractivity (Wildman–Crippen MR) is 91.5 cm³/mol. The highest BCUT2D eigenvalue weighted by molar-refractivity contribution is 9.10. The van der Waals surface area contributed by atoms with Gasteiger partial charge in [-0.05, 0) is 29.8 Å². The van der Waals surface area contributed by atoms with Gasteiger partial charge >= 0.3 is 5.97 Å². The third-order valence-electron chi connectivity index (χ3n) is 3.08. The number of nitrogens with one attached hydrogen (secondary N) is 1. The smallest absolute Gasteiger partial charge is 0.303 e. The fourth-order valence-electron chi connectivity index (χ4n) is 1.90. The van der Waals surface area contributed by atoms with Crippen LogP contribution in [-0.4, -0.2) is 22.7 Å². The van der Waals surface area contributed by atoms with Gasteiger partial charge in [0, 0.05) is 16.5 Å². The molecule has 0 aliphatic carbocycles. The maximum absolute atomic E-state index is 12.1. The second-order valence-corrected chi connectivity index (χ2v) is 5.68. The highest BCUT2D eigenvalue weighted by Gasteiger charge is 2.09. The Hall–Kier alpha value is -2.47. The van der Waals surface area contributed by atoms with Crippen molar-refractivity contribution in [2.24, 2.45) is 5.10 Å². The molecule has 2 aromatic rings. The molecule has 23 heavy (non-hydrogen) atoms. The van der Waals surface area contributed by atoms with Crippen molar-refractivity contribution >= 4 is 33.5 Å². The second-order valence-electron chi connectivity index (χ2n) is 4.77. The van der Waals surface area contributed by atoms with E-state index in [1.807, 2.05) is 30.3 Å². The minimum absolute atomic E-state index is 0.0537. The first-order valence-electron chi connectivity index (χ1n) is 6.96. The normalized spacial score (nSPS) is 11.1.